The Kier molecular flexibility index (Phi) is 8.54. The summed E-state index contributed by atoms with van der Waals surface area (Å²) in [6.07, 6.45) is 1.93. The SMILES string of the molecule is CCOC(=O)c1ccc(N2CCN(C(=S)NC(=O)c3ccc(N4CCCC4)c([N+](=O)[O-])c3)CC2)c([N+](=O)[O-])c1. The molecule has 14 heteroatoms. The van der Waals surface area contributed by atoms with Crippen LogP contribution in [0, 0.1) is 20.2 Å². The van der Waals surface area contributed by atoms with Gasteiger partial charge in [0.1, 0.15) is 11.4 Å². The van der Waals surface area contributed by atoms with Crippen molar-refractivity contribution in [2.24, 2.45) is 0 Å². The molecule has 2 heterocycles. The Morgan fingerprint density at radius 3 is 1.92 bits per heavy atom. The van der Waals surface area contributed by atoms with E-state index in [9.17, 15) is 29.8 Å². The lowest BCUT2D eigenvalue weighted by molar-refractivity contribution is -0.384. The summed E-state index contributed by atoms with van der Waals surface area (Å²) in [4.78, 5) is 52.7. The number of nitro groups is 2. The van der Waals surface area contributed by atoms with Crippen LogP contribution < -0.4 is 15.1 Å². The maximum absolute atomic E-state index is 12.9. The van der Waals surface area contributed by atoms with Crippen molar-refractivity contribution in [3.8, 4) is 0 Å². The van der Waals surface area contributed by atoms with Gasteiger partial charge >= 0.3 is 5.97 Å². The Labute approximate surface area is 229 Å². The Hall–Kier alpha value is -4.33. The number of carbonyl (C=O) groups is 2. The normalized spacial score (nSPS) is 15.2. The number of piperazine rings is 1. The lowest BCUT2D eigenvalue weighted by atomic mass is 10.1. The van der Waals surface area contributed by atoms with Crippen LogP contribution >= 0.6 is 12.2 Å². The number of nitro benzene ring substituents is 2. The zero-order valence-electron chi connectivity index (χ0n) is 21.3. The molecular weight excluding hydrogens is 528 g/mol. The van der Waals surface area contributed by atoms with E-state index in [-0.39, 0.29) is 34.2 Å². The summed E-state index contributed by atoms with van der Waals surface area (Å²) in [5.41, 5.74) is 0.764. The highest BCUT2D eigenvalue weighted by Crippen LogP contribution is 2.32. The van der Waals surface area contributed by atoms with E-state index in [0.717, 1.165) is 25.9 Å². The van der Waals surface area contributed by atoms with Crippen molar-refractivity contribution >= 4 is 52.0 Å². The minimum absolute atomic E-state index is 0.100. The summed E-state index contributed by atoms with van der Waals surface area (Å²) in [5.74, 6) is -1.18. The third-order valence-electron chi connectivity index (χ3n) is 6.69. The first-order chi connectivity index (χ1) is 18.7. The van der Waals surface area contributed by atoms with Gasteiger partial charge in [0.25, 0.3) is 17.3 Å². The van der Waals surface area contributed by atoms with Gasteiger partial charge in [0.2, 0.25) is 0 Å². The van der Waals surface area contributed by atoms with Crippen LogP contribution in [0.2, 0.25) is 0 Å². The quantitative estimate of drug-likeness (QED) is 0.232. The summed E-state index contributed by atoms with van der Waals surface area (Å²) in [6.45, 7) is 4.81. The minimum Gasteiger partial charge on any atom is -0.462 e. The van der Waals surface area contributed by atoms with Crippen LogP contribution in [-0.4, -0.2) is 77.6 Å². The van der Waals surface area contributed by atoms with E-state index in [4.69, 9.17) is 17.0 Å². The number of nitrogens with zero attached hydrogens (tertiary/aromatic N) is 5. The molecule has 2 aromatic carbocycles. The fourth-order valence-corrected chi connectivity index (χ4v) is 4.99. The second-order valence-corrected chi connectivity index (χ2v) is 9.46. The molecule has 1 amide bonds. The first kappa shape index (κ1) is 27.7. The molecular formula is C25H28N6O7S. The van der Waals surface area contributed by atoms with E-state index in [1.807, 2.05) is 9.80 Å². The van der Waals surface area contributed by atoms with E-state index in [0.29, 0.717) is 37.6 Å². The molecule has 0 bridgehead atoms. The smallest absolute Gasteiger partial charge is 0.338 e. The maximum Gasteiger partial charge on any atom is 0.338 e. The molecule has 0 atom stereocenters. The molecule has 0 radical (unpaired) electrons. The predicted octanol–water partition coefficient (Wildman–Crippen LogP) is 3.12. The summed E-state index contributed by atoms with van der Waals surface area (Å²) in [6, 6.07) is 8.64. The monoisotopic (exact) mass is 556 g/mol. The van der Waals surface area contributed by atoms with Crippen LogP contribution in [0.3, 0.4) is 0 Å². The summed E-state index contributed by atoms with van der Waals surface area (Å²) >= 11 is 5.41. The molecule has 2 aromatic rings. The number of anilines is 2. The number of amides is 1. The van der Waals surface area contributed by atoms with Gasteiger partial charge in [-0.05, 0) is 56.2 Å². The third-order valence-corrected chi connectivity index (χ3v) is 7.05. The van der Waals surface area contributed by atoms with Crippen molar-refractivity contribution in [1.29, 1.82) is 0 Å². The van der Waals surface area contributed by atoms with Gasteiger partial charge in [-0.2, -0.15) is 0 Å². The molecule has 2 saturated heterocycles. The van der Waals surface area contributed by atoms with Gasteiger partial charge in [0.05, 0.1) is 22.0 Å². The molecule has 2 fully saturated rings. The highest BCUT2D eigenvalue weighted by Gasteiger charge is 2.28. The molecule has 1 N–H and O–H groups in total. The van der Waals surface area contributed by atoms with Crippen LogP contribution in [0.1, 0.15) is 40.5 Å². The zero-order valence-corrected chi connectivity index (χ0v) is 22.1. The Morgan fingerprint density at radius 1 is 0.872 bits per heavy atom. The fourth-order valence-electron chi connectivity index (χ4n) is 4.71. The van der Waals surface area contributed by atoms with E-state index in [1.165, 1.54) is 24.3 Å². The van der Waals surface area contributed by atoms with Crippen LogP contribution in [0.15, 0.2) is 36.4 Å². The van der Waals surface area contributed by atoms with Gasteiger partial charge in [0.15, 0.2) is 5.11 Å². The van der Waals surface area contributed by atoms with E-state index >= 15 is 0 Å². The fraction of sp³-hybridized carbons (Fsp3) is 0.400. The molecule has 13 nitrogen and oxygen atoms in total. The Bertz CT molecular complexity index is 1310. The van der Waals surface area contributed by atoms with E-state index < -0.39 is 21.7 Å². The molecule has 206 valence electrons. The Balaban J connectivity index is 1.39. The molecule has 0 unspecified atom stereocenters. The lowest BCUT2D eigenvalue weighted by Gasteiger charge is -2.37. The van der Waals surface area contributed by atoms with Crippen LogP contribution in [0.25, 0.3) is 0 Å². The molecule has 2 aliphatic rings. The molecule has 0 aromatic heterocycles. The number of benzene rings is 2. The largest absolute Gasteiger partial charge is 0.462 e. The van der Waals surface area contributed by atoms with E-state index in [1.54, 1.807) is 24.0 Å². The van der Waals surface area contributed by atoms with Gasteiger partial charge in [-0.15, -0.1) is 0 Å². The highest BCUT2D eigenvalue weighted by atomic mass is 32.1. The molecule has 0 saturated carbocycles. The molecule has 39 heavy (non-hydrogen) atoms. The number of thiocarbonyl (C=S) groups is 1. The first-order valence-corrected chi connectivity index (χ1v) is 12.9. The number of ether oxygens (including phenoxy) is 1. The average Bonchev–Trinajstić information content (AvgIpc) is 3.47. The number of nitrogens with one attached hydrogen (secondary N) is 1. The molecule has 0 aliphatic carbocycles. The number of carbonyl (C=O) groups excluding carboxylic acids is 2. The first-order valence-electron chi connectivity index (χ1n) is 12.5. The van der Waals surface area contributed by atoms with Crippen LogP contribution in [0.5, 0.6) is 0 Å². The minimum atomic E-state index is -0.630. The maximum atomic E-state index is 12.9. The second-order valence-electron chi connectivity index (χ2n) is 9.07. The molecule has 2 aliphatic heterocycles. The third kappa shape index (κ3) is 6.22. The number of hydrogen-bond donors (Lipinski definition) is 1. The van der Waals surface area contributed by atoms with Crippen molar-refractivity contribution < 1.29 is 24.2 Å². The predicted molar refractivity (Wildman–Crippen MR) is 147 cm³/mol. The molecule has 4 rings (SSSR count). The Morgan fingerprint density at radius 2 is 1.38 bits per heavy atom. The number of hydrogen-bond acceptors (Lipinski definition) is 10. The summed E-state index contributed by atoms with van der Waals surface area (Å²) < 4.78 is 4.93. The lowest BCUT2D eigenvalue weighted by Crippen LogP contribution is -2.52. The number of rotatable bonds is 7. The molecule has 0 spiro atoms. The average molecular weight is 557 g/mol. The standard InChI is InChI=1S/C25H28N6O7S/c1-2-38-24(33)18-6-8-20(22(16-18)31(36)37)28-11-13-29(14-12-28)25(39)26-23(32)17-5-7-19(21(15-17)30(34)35)27-9-3-4-10-27/h5-8,15-16H,2-4,9-14H2,1H3,(H,26,32,39). The second kappa shape index (κ2) is 12.0. The summed E-state index contributed by atoms with van der Waals surface area (Å²) in [7, 11) is 0. The zero-order chi connectivity index (χ0) is 28.1. The van der Waals surface area contributed by atoms with Crippen molar-refractivity contribution in [2.75, 3.05) is 55.7 Å². The van der Waals surface area contributed by atoms with Crippen molar-refractivity contribution in [1.82, 2.24) is 10.2 Å². The van der Waals surface area contributed by atoms with Gasteiger partial charge in [-0.1, -0.05) is 0 Å². The van der Waals surface area contributed by atoms with Gasteiger partial charge in [-0.3, -0.25) is 30.3 Å². The topological polar surface area (TPSA) is 151 Å². The van der Waals surface area contributed by atoms with Crippen LogP contribution in [0.4, 0.5) is 22.7 Å². The van der Waals surface area contributed by atoms with Gasteiger partial charge < -0.3 is 19.4 Å². The van der Waals surface area contributed by atoms with Crippen LogP contribution in [-0.2, 0) is 4.74 Å². The van der Waals surface area contributed by atoms with Gasteiger partial charge in [0, 0.05) is 57.0 Å². The van der Waals surface area contributed by atoms with Crippen molar-refractivity contribution in [3.63, 3.8) is 0 Å². The number of esters is 1. The van der Waals surface area contributed by atoms with Crippen molar-refractivity contribution in [3.05, 3.63) is 67.8 Å². The highest BCUT2D eigenvalue weighted by molar-refractivity contribution is 7.80. The summed E-state index contributed by atoms with van der Waals surface area (Å²) in [5, 5.41) is 26.2. The van der Waals surface area contributed by atoms with Crippen molar-refractivity contribution in [2.45, 2.75) is 19.8 Å². The van der Waals surface area contributed by atoms with Gasteiger partial charge in [-0.25, -0.2) is 4.79 Å². The van der Waals surface area contributed by atoms with E-state index in [2.05, 4.69) is 5.32 Å².